The highest BCUT2D eigenvalue weighted by Crippen LogP contribution is 2.21. The molecule has 1 fully saturated rings. The summed E-state index contributed by atoms with van der Waals surface area (Å²) < 4.78 is 4.61. The van der Waals surface area contributed by atoms with Gasteiger partial charge in [0.05, 0.1) is 13.2 Å². The van der Waals surface area contributed by atoms with Crippen LogP contribution in [0.25, 0.3) is 0 Å². The summed E-state index contributed by atoms with van der Waals surface area (Å²) in [5, 5.41) is 12.8. The number of ether oxygens (including phenoxy) is 1. The number of carbonyl (C=O) groups excluding carboxylic acids is 1. The number of aliphatic hydroxyl groups is 1. The molecule has 1 rings (SSSR count). The van der Waals surface area contributed by atoms with E-state index in [1.807, 2.05) is 6.92 Å². The fraction of sp³-hybridized carbons (Fsp3) is 0.917. The van der Waals surface area contributed by atoms with Gasteiger partial charge in [0.15, 0.2) is 0 Å². The number of amides is 1. The number of methoxy groups -OCH3 is 1. The second-order valence-electron chi connectivity index (χ2n) is 4.85. The second kappa shape index (κ2) is 7.56. The average Bonchev–Trinajstić information content (AvgIpc) is 2.37. The maximum atomic E-state index is 11.3. The Morgan fingerprint density at radius 2 is 2.33 bits per heavy atom. The molecule has 0 saturated carbocycles. The van der Waals surface area contributed by atoms with E-state index in [9.17, 15) is 9.90 Å². The summed E-state index contributed by atoms with van der Waals surface area (Å²) in [6, 6.07) is 0.0175. The van der Waals surface area contributed by atoms with E-state index >= 15 is 0 Å². The molecular weight excluding hydrogens is 234 g/mol. The standard InChI is InChI=1S/C12H25N3O3/c1-3-11(16)9-6-10(14-12(17)18-2)8-15(7-9)5-4-13/h9-11,16H,3-8,13H2,1-2H3,(H,14,17). The predicted octanol–water partition coefficient (Wildman–Crippen LogP) is -0.237. The molecule has 1 aliphatic rings. The zero-order valence-corrected chi connectivity index (χ0v) is 11.3. The summed E-state index contributed by atoms with van der Waals surface area (Å²) in [4.78, 5) is 13.4. The predicted molar refractivity (Wildman–Crippen MR) is 69.2 cm³/mol. The van der Waals surface area contributed by atoms with Crippen molar-refractivity contribution in [1.82, 2.24) is 10.2 Å². The molecular formula is C12H25N3O3. The topological polar surface area (TPSA) is 87.8 Å². The molecule has 106 valence electrons. The van der Waals surface area contributed by atoms with Crippen molar-refractivity contribution in [2.45, 2.75) is 31.9 Å². The lowest BCUT2D eigenvalue weighted by Gasteiger charge is -2.39. The van der Waals surface area contributed by atoms with Gasteiger partial charge in [0, 0.05) is 32.2 Å². The van der Waals surface area contributed by atoms with E-state index in [-0.39, 0.29) is 18.1 Å². The SMILES string of the molecule is CCC(O)C1CC(NC(=O)OC)CN(CCN)C1. The van der Waals surface area contributed by atoms with Gasteiger partial charge in [-0.05, 0) is 18.8 Å². The third-order valence-electron chi connectivity index (χ3n) is 3.47. The molecule has 0 radical (unpaired) electrons. The number of nitrogens with one attached hydrogen (secondary N) is 1. The van der Waals surface area contributed by atoms with Crippen molar-refractivity contribution >= 4 is 6.09 Å². The number of nitrogens with zero attached hydrogens (tertiary/aromatic N) is 1. The second-order valence-corrected chi connectivity index (χ2v) is 4.85. The van der Waals surface area contributed by atoms with Crippen LogP contribution in [0, 0.1) is 5.92 Å². The van der Waals surface area contributed by atoms with Crippen LogP contribution in [0.4, 0.5) is 4.79 Å². The Morgan fingerprint density at radius 1 is 1.61 bits per heavy atom. The van der Waals surface area contributed by atoms with Crippen molar-refractivity contribution in [3.8, 4) is 0 Å². The highest BCUT2D eigenvalue weighted by Gasteiger charge is 2.31. The first-order chi connectivity index (χ1) is 8.60. The highest BCUT2D eigenvalue weighted by atomic mass is 16.5. The third-order valence-corrected chi connectivity index (χ3v) is 3.47. The van der Waals surface area contributed by atoms with Crippen molar-refractivity contribution in [2.75, 3.05) is 33.3 Å². The fourth-order valence-corrected chi connectivity index (χ4v) is 2.54. The molecule has 3 atom stereocenters. The van der Waals surface area contributed by atoms with Gasteiger partial charge in [-0.15, -0.1) is 0 Å². The maximum Gasteiger partial charge on any atom is 0.407 e. The molecule has 0 aromatic rings. The summed E-state index contributed by atoms with van der Waals surface area (Å²) in [7, 11) is 1.36. The van der Waals surface area contributed by atoms with Gasteiger partial charge in [-0.3, -0.25) is 4.90 Å². The normalized spacial score (nSPS) is 26.7. The van der Waals surface area contributed by atoms with Crippen LogP contribution in [0.2, 0.25) is 0 Å². The van der Waals surface area contributed by atoms with E-state index in [0.29, 0.717) is 6.54 Å². The quantitative estimate of drug-likeness (QED) is 0.634. The molecule has 0 spiro atoms. The van der Waals surface area contributed by atoms with Gasteiger partial charge in [-0.25, -0.2) is 4.79 Å². The molecule has 1 heterocycles. The summed E-state index contributed by atoms with van der Waals surface area (Å²) in [6.45, 7) is 4.94. The lowest BCUT2D eigenvalue weighted by molar-refractivity contribution is 0.0362. The van der Waals surface area contributed by atoms with Gasteiger partial charge in [-0.2, -0.15) is 0 Å². The molecule has 0 aromatic heterocycles. The maximum absolute atomic E-state index is 11.3. The number of rotatable bonds is 5. The van der Waals surface area contributed by atoms with E-state index in [2.05, 4.69) is 15.0 Å². The molecule has 3 unspecified atom stereocenters. The number of aliphatic hydroxyl groups excluding tert-OH is 1. The van der Waals surface area contributed by atoms with Crippen LogP contribution in [0.1, 0.15) is 19.8 Å². The van der Waals surface area contributed by atoms with Crippen LogP contribution in [0.15, 0.2) is 0 Å². The van der Waals surface area contributed by atoms with E-state index in [1.165, 1.54) is 7.11 Å². The Balaban J connectivity index is 2.58. The lowest BCUT2D eigenvalue weighted by Crippen LogP contribution is -2.53. The molecule has 6 heteroatoms. The fourth-order valence-electron chi connectivity index (χ4n) is 2.54. The van der Waals surface area contributed by atoms with E-state index in [1.54, 1.807) is 0 Å². The number of hydrogen-bond donors (Lipinski definition) is 3. The van der Waals surface area contributed by atoms with Crippen LogP contribution in [0.5, 0.6) is 0 Å². The van der Waals surface area contributed by atoms with Gasteiger partial charge in [0.2, 0.25) is 0 Å². The number of alkyl carbamates (subject to hydrolysis) is 1. The van der Waals surface area contributed by atoms with Crippen LogP contribution in [-0.2, 0) is 4.74 Å². The summed E-state index contributed by atoms with van der Waals surface area (Å²) in [5.74, 6) is 0.178. The Hall–Kier alpha value is -0.850. The Morgan fingerprint density at radius 3 is 2.89 bits per heavy atom. The van der Waals surface area contributed by atoms with Crippen LogP contribution >= 0.6 is 0 Å². The molecule has 0 aromatic carbocycles. The minimum Gasteiger partial charge on any atom is -0.453 e. The third kappa shape index (κ3) is 4.44. The lowest BCUT2D eigenvalue weighted by atomic mass is 9.88. The van der Waals surface area contributed by atoms with Crippen molar-refractivity contribution in [3.05, 3.63) is 0 Å². The van der Waals surface area contributed by atoms with E-state index < -0.39 is 6.09 Å². The number of likely N-dealkylation sites (tertiary alicyclic amines) is 1. The number of carbonyl (C=O) groups is 1. The minimum absolute atomic E-state index is 0.0175. The molecule has 1 aliphatic heterocycles. The van der Waals surface area contributed by atoms with Gasteiger partial charge in [-0.1, -0.05) is 6.92 Å². The van der Waals surface area contributed by atoms with Crippen LogP contribution < -0.4 is 11.1 Å². The van der Waals surface area contributed by atoms with Crippen molar-refractivity contribution in [1.29, 1.82) is 0 Å². The molecule has 1 saturated heterocycles. The number of hydrogen-bond acceptors (Lipinski definition) is 5. The van der Waals surface area contributed by atoms with E-state index in [4.69, 9.17) is 5.73 Å². The largest absolute Gasteiger partial charge is 0.453 e. The molecule has 6 nitrogen and oxygen atoms in total. The number of piperidine rings is 1. The number of nitrogens with two attached hydrogens (primary N) is 1. The van der Waals surface area contributed by atoms with Gasteiger partial charge >= 0.3 is 6.09 Å². The van der Waals surface area contributed by atoms with Crippen molar-refractivity contribution < 1.29 is 14.6 Å². The van der Waals surface area contributed by atoms with Crippen LogP contribution in [-0.4, -0.2) is 61.5 Å². The first-order valence-electron chi connectivity index (χ1n) is 6.55. The molecule has 18 heavy (non-hydrogen) atoms. The molecule has 0 aliphatic carbocycles. The highest BCUT2D eigenvalue weighted by molar-refractivity contribution is 5.67. The smallest absolute Gasteiger partial charge is 0.407 e. The van der Waals surface area contributed by atoms with Gasteiger partial charge in [0.1, 0.15) is 0 Å². The Labute approximate surface area is 108 Å². The van der Waals surface area contributed by atoms with Crippen molar-refractivity contribution in [3.63, 3.8) is 0 Å². The summed E-state index contributed by atoms with van der Waals surface area (Å²) in [5.41, 5.74) is 5.57. The Bertz CT molecular complexity index is 263. The Kier molecular flexibility index (Phi) is 6.38. The molecule has 0 bridgehead atoms. The first kappa shape index (κ1) is 15.2. The molecule has 1 amide bonds. The van der Waals surface area contributed by atoms with E-state index in [0.717, 1.165) is 32.5 Å². The van der Waals surface area contributed by atoms with Crippen LogP contribution in [0.3, 0.4) is 0 Å². The van der Waals surface area contributed by atoms with Gasteiger partial charge < -0.3 is 20.9 Å². The average molecular weight is 259 g/mol. The molecule has 4 N–H and O–H groups in total. The zero-order chi connectivity index (χ0) is 13.5. The van der Waals surface area contributed by atoms with Gasteiger partial charge in [0.25, 0.3) is 0 Å². The first-order valence-corrected chi connectivity index (χ1v) is 6.55. The van der Waals surface area contributed by atoms with Crippen molar-refractivity contribution in [2.24, 2.45) is 11.7 Å². The minimum atomic E-state index is -0.417. The summed E-state index contributed by atoms with van der Waals surface area (Å²) >= 11 is 0. The zero-order valence-electron chi connectivity index (χ0n) is 11.3. The summed E-state index contributed by atoms with van der Waals surface area (Å²) in [6.07, 6.45) is 0.768. The monoisotopic (exact) mass is 259 g/mol.